The van der Waals surface area contributed by atoms with Gasteiger partial charge in [-0.25, -0.2) is 4.68 Å². The van der Waals surface area contributed by atoms with E-state index in [1.165, 1.54) is 0 Å². The van der Waals surface area contributed by atoms with Gasteiger partial charge in [-0.1, -0.05) is 10.4 Å². The van der Waals surface area contributed by atoms with E-state index < -0.39 is 0 Å². The van der Waals surface area contributed by atoms with Gasteiger partial charge in [-0.3, -0.25) is 0 Å². The third-order valence-corrected chi connectivity index (χ3v) is 2.63. The summed E-state index contributed by atoms with van der Waals surface area (Å²) in [5.74, 6) is 2.17. The SMILES string of the molecule is Cc1nc(Cn2nnc(N)c2C2CC2)no1. The van der Waals surface area contributed by atoms with E-state index in [-0.39, 0.29) is 0 Å². The maximum atomic E-state index is 5.78. The van der Waals surface area contributed by atoms with Gasteiger partial charge in [0, 0.05) is 12.8 Å². The number of hydrogen-bond acceptors (Lipinski definition) is 6. The molecule has 1 fully saturated rings. The summed E-state index contributed by atoms with van der Waals surface area (Å²) < 4.78 is 6.67. The van der Waals surface area contributed by atoms with Crippen LogP contribution in [0.25, 0.3) is 0 Å². The van der Waals surface area contributed by atoms with Crippen molar-refractivity contribution in [3.05, 3.63) is 17.4 Å². The average molecular weight is 220 g/mol. The molecule has 0 bridgehead atoms. The first kappa shape index (κ1) is 9.32. The lowest BCUT2D eigenvalue weighted by atomic mass is 10.3. The summed E-state index contributed by atoms with van der Waals surface area (Å²) in [7, 11) is 0. The van der Waals surface area contributed by atoms with Gasteiger partial charge in [0.15, 0.2) is 11.6 Å². The molecule has 7 nitrogen and oxygen atoms in total. The normalized spacial score (nSPS) is 15.6. The van der Waals surface area contributed by atoms with E-state index in [1.54, 1.807) is 11.6 Å². The number of hydrogen-bond donors (Lipinski definition) is 1. The molecule has 2 aromatic heterocycles. The van der Waals surface area contributed by atoms with Crippen LogP contribution in [-0.2, 0) is 6.54 Å². The Bertz CT molecular complexity index is 512. The van der Waals surface area contributed by atoms with Crippen molar-refractivity contribution in [3.8, 4) is 0 Å². The van der Waals surface area contributed by atoms with E-state index in [9.17, 15) is 0 Å². The maximum absolute atomic E-state index is 5.78. The molecule has 1 saturated carbocycles. The predicted molar refractivity (Wildman–Crippen MR) is 54.5 cm³/mol. The summed E-state index contributed by atoms with van der Waals surface area (Å²) in [5, 5.41) is 11.7. The number of anilines is 1. The van der Waals surface area contributed by atoms with Crippen LogP contribution >= 0.6 is 0 Å². The number of rotatable bonds is 3. The van der Waals surface area contributed by atoms with Crippen molar-refractivity contribution in [1.82, 2.24) is 25.1 Å². The Morgan fingerprint density at radius 3 is 2.94 bits per heavy atom. The van der Waals surface area contributed by atoms with Crippen LogP contribution in [0.3, 0.4) is 0 Å². The average Bonchev–Trinajstić information content (AvgIpc) is 2.91. The lowest BCUT2D eigenvalue weighted by Gasteiger charge is -2.01. The second-order valence-corrected chi connectivity index (χ2v) is 4.02. The van der Waals surface area contributed by atoms with Gasteiger partial charge in [-0.15, -0.1) is 5.10 Å². The second-order valence-electron chi connectivity index (χ2n) is 4.02. The Kier molecular flexibility index (Phi) is 1.92. The van der Waals surface area contributed by atoms with Gasteiger partial charge in [0.2, 0.25) is 5.89 Å². The smallest absolute Gasteiger partial charge is 0.223 e. The van der Waals surface area contributed by atoms with E-state index in [4.69, 9.17) is 10.3 Å². The van der Waals surface area contributed by atoms with Crippen molar-refractivity contribution in [1.29, 1.82) is 0 Å². The molecule has 2 N–H and O–H groups in total. The van der Waals surface area contributed by atoms with E-state index in [1.807, 2.05) is 0 Å². The van der Waals surface area contributed by atoms with Gasteiger partial charge in [0.25, 0.3) is 0 Å². The second kappa shape index (κ2) is 3.29. The number of aryl methyl sites for hydroxylation is 1. The van der Waals surface area contributed by atoms with E-state index in [0.29, 0.717) is 30.0 Å². The number of nitrogens with two attached hydrogens (primary N) is 1. The molecule has 0 spiro atoms. The summed E-state index contributed by atoms with van der Waals surface area (Å²) in [4.78, 5) is 4.13. The van der Waals surface area contributed by atoms with Crippen molar-refractivity contribution >= 4 is 5.82 Å². The van der Waals surface area contributed by atoms with Crippen LogP contribution in [0.4, 0.5) is 5.82 Å². The largest absolute Gasteiger partial charge is 0.381 e. The fourth-order valence-electron chi connectivity index (χ4n) is 1.77. The van der Waals surface area contributed by atoms with Gasteiger partial charge in [-0.2, -0.15) is 4.98 Å². The lowest BCUT2D eigenvalue weighted by molar-refractivity contribution is 0.384. The Morgan fingerprint density at radius 2 is 2.31 bits per heavy atom. The van der Waals surface area contributed by atoms with Gasteiger partial charge in [0.05, 0.1) is 5.69 Å². The van der Waals surface area contributed by atoms with Gasteiger partial charge in [0.1, 0.15) is 6.54 Å². The molecule has 0 atom stereocenters. The topological polar surface area (TPSA) is 95.7 Å². The molecule has 1 aliphatic carbocycles. The zero-order valence-corrected chi connectivity index (χ0v) is 8.92. The summed E-state index contributed by atoms with van der Waals surface area (Å²) in [6.45, 7) is 2.22. The minimum absolute atomic E-state index is 0.466. The first-order chi connectivity index (χ1) is 7.74. The van der Waals surface area contributed by atoms with Crippen molar-refractivity contribution in [2.45, 2.75) is 32.2 Å². The fourth-order valence-corrected chi connectivity index (χ4v) is 1.77. The van der Waals surface area contributed by atoms with Crippen LogP contribution in [0, 0.1) is 6.92 Å². The standard InChI is InChI=1S/C9H12N6O/c1-5-11-7(13-16-5)4-15-8(6-2-3-6)9(10)12-14-15/h6H,2-4,10H2,1H3. The van der Waals surface area contributed by atoms with E-state index >= 15 is 0 Å². The van der Waals surface area contributed by atoms with Crippen LogP contribution in [0.15, 0.2) is 4.52 Å². The highest BCUT2D eigenvalue weighted by Gasteiger charge is 2.30. The van der Waals surface area contributed by atoms with Crippen LogP contribution in [0.5, 0.6) is 0 Å². The van der Waals surface area contributed by atoms with Crippen molar-refractivity contribution in [2.75, 3.05) is 5.73 Å². The molecule has 3 rings (SSSR count). The van der Waals surface area contributed by atoms with Crippen molar-refractivity contribution in [3.63, 3.8) is 0 Å². The first-order valence-electron chi connectivity index (χ1n) is 5.22. The molecule has 1 aliphatic rings. The minimum Gasteiger partial charge on any atom is -0.381 e. The summed E-state index contributed by atoms with van der Waals surface area (Å²) in [6.07, 6.45) is 2.31. The number of nitrogens with zero attached hydrogens (tertiary/aromatic N) is 5. The maximum Gasteiger partial charge on any atom is 0.223 e. The molecule has 0 radical (unpaired) electrons. The van der Waals surface area contributed by atoms with Gasteiger partial charge < -0.3 is 10.3 Å². The third kappa shape index (κ3) is 1.54. The number of aromatic nitrogens is 5. The summed E-state index contributed by atoms with van der Waals surface area (Å²) >= 11 is 0. The number of nitrogen functional groups attached to an aromatic ring is 1. The highest BCUT2D eigenvalue weighted by Crippen LogP contribution is 2.41. The van der Waals surface area contributed by atoms with Gasteiger partial charge in [-0.05, 0) is 12.8 Å². The molecule has 84 valence electrons. The summed E-state index contributed by atoms with van der Waals surface area (Å²) in [6, 6.07) is 0. The molecule has 7 heteroatoms. The molecule has 16 heavy (non-hydrogen) atoms. The summed E-state index contributed by atoms with van der Waals surface area (Å²) in [5.41, 5.74) is 6.78. The molecule has 0 aliphatic heterocycles. The third-order valence-electron chi connectivity index (χ3n) is 2.63. The predicted octanol–water partition coefficient (Wildman–Crippen LogP) is 0.477. The zero-order chi connectivity index (χ0) is 11.1. The molecule has 0 amide bonds. The van der Waals surface area contributed by atoms with Crippen molar-refractivity contribution in [2.24, 2.45) is 0 Å². The van der Waals surface area contributed by atoms with E-state index in [2.05, 4.69) is 20.5 Å². The zero-order valence-electron chi connectivity index (χ0n) is 8.92. The van der Waals surface area contributed by atoms with Gasteiger partial charge >= 0.3 is 0 Å². The Morgan fingerprint density at radius 1 is 1.50 bits per heavy atom. The lowest BCUT2D eigenvalue weighted by Crippen LogP contribution is -2.07. The molecular weight excluding hydrogens is 208 g/mol. The monoisotopic (exact) mass is 220 g/mol. The Labute approximate surface area is 91.6 Å². The Hall–Kier alpha value is -1.92. The molecule has 0 aromatic carbocycles. The first-order valence-corrected chi connectivity index (χ1v) is 5.22. The highest BCUT2D eigenvalue weighted by atomic mass is 16.5. The van der Waals surface area contributed by atoms with Crippen LogP contribution in [0.2, 0.25) is 0 Å². The molecular formula is C9H12N6O. The highest BCUT2D eigenvalue weighted by molar-refractivity contribution is 5.38. The van der Waals surface area contributed by atoms with E-state index in [0.717, 1.165) is 18.5 Å². The van der Waals surface area contributed by atoms with Crippen molar-refractivity contribution < 1.29 is 4.52 Å². The Balaban J connectivity index is 1.89. The van der Waals surface area contributed by atoms with Crippen LogP contribution in [0.1, 0.15) is 36.2 Å². The molecule has 0 unspecified atom stereocenters. The van der Waals surface area contributed by atoms with Crippen LogP contribution < -0.4 is 5.73 Å². The molecule has 0 saturated heterocycles. The quantitative estimate of drug-likeness (QED) is 0.808. The fraction of sp³-hybridized carbons (Fsp3) is 0.556. The molecule has 2 heterocycles. The minimum atomic E-state index is 0.466. The van der Waals surface area contributed by atoms with Crippen LogP contribution in [-0.4, -0.2) is 25.1 Å². The molecule has 2 aromatic rings.